The molecule has 3 aromatic rings. The van der Waals surface area contributed by atoms with E-state index in [2.05, 4.69) is 0 Å². The molecule has 32 heavy (non-hydrogen) atoms. The first kappa shape index (κ1) is 20.7. The number of hydrogen-bond donors (Lipinski definition) is 0. The fraction of sp³-hybridized carbons (Fsp3) is 0.240. The fourth-order valence-electron chi connectivity index (χ4n) is 4.85. The highest BCUT2D eigenvalue weighted by Gasteiger charge is 2.57. The quantitative estimate of drug-likeness (QED) is 0.611. The topological polar surface area (TPSA) is 66.9 Å². The van der Waals surface area contributed by atoms with E-state index < -0.39 is 15.6 Å². The summed E-state index contributed by atoms with van der Waals surface area (Å²) in [7, 11) is -2.10. The molecule has 1 amide bonds. The lowest BCUT2D eigenvalue weighted by Crippen LogP contribution is -2.46. The summed E-state index contributed by atoms with van der Waals surface area (Å²) in [5.74, 6) is 0.644. The third-order valence-electron chi connectivity index (χ3n) is 6.47. The standard InChI is InChI=1S/C25H24N2O4S/c1-31-21-13-11-19(12-14-21)17-27-25(22-9-5-6-10-23(22)32(27,29)30)15-16-26(18-25)24(28)20-7-3-2-4-8-20/h2-14H,15-18H2,1H3/t25-/m0/s1. The van der Waals surface area contributed by atoms with Crippen LogP contribution in [0.2, 0.25) is 0 Å². The SMILES string of the molecule is COc1ccc(CN2[C@]3(CCN(C(=O)c4ccccc4)C3)c3ccccc3S2(=O)=O)cc1. The van der Waals surface area contributed by atoms with Crippen molar-refractivity contribution in [1.29, 1.82) is 0 Å². The molecular weight excluding hydrogens is 424 g/mol. The summed E-state index contributed by atoms with van der Waals surface area (Å²) < 4.78 is 34.1. The predicted octanol–water partition coefficient (Wildman–Crippen LogP) is 3.64. The molecule has 2 heterocycles. The number of likely N-dealkylation sites (tertiary alicyclic amines) is 1. The minimum atomic E-state index is -3.70. The van der Waals surface area contributed by atoms with Crippen molar-refractivity contribution in [3.8, 4) is 5.75 Å². The molecule has 5 rings (SSSR count). The average Bonchev–Trinajstić information content (AvgIpc) is 3.35. The van der Waals surface area contributed by atoms with Crippen molar-refractivity contribution in [1.82, 2.24) is 9.21 Å². The van der Waals surface area contributed by atoms with E-state index in [4.69, 9.17) is 4.74 Å². The second kappa shape index (κ2) is 7.76. The largest absolute Gasteiger partial charge is 0.497 e. The summed E-state index contributed by atoms with van der Waals surface area (Å²) in [6, 6.07) is 23.7. The molecule has 1 fully saturated rings. The van der Waals surface area contributed by atoms with E-state index in [1.807, 2.05) is 54.6 Å². The zero-order valence-electron chi connectivity index (χ0n) is 17.8. The molecule has 0 aromatic heterocycles. The highest BCUT2D eigenvalue weighted by molar-refractivity contribution is 7.89. The molecule has 2 aliphatic heterocycles. The maximum Gasteiger partial charge on any atom is 0.253 e. The van der Waals surface area contributed by atoms with Gasteiger partial charge < -0.3 is 9.64 Å². The van der Waals surface area contributed by atoms with E-state index in [-0.39, 0.29) is 12.5 Å². The highest BCUT2D eigenvalue weighted by atomic mass is 32.2. The Morgan fingerprint density at radius 2 is 1.66 bits per heavy atom. The van der Waals surface area contributed by atoms with Crippen molar-refractivity contribution < 1.29 is 17.9 Å². The molecule has 0 unspecified atom stereocenters. The smallest absolute Gasteiger partial charge is 0.253 e. The van der Waals surface area contributed by atoms with Gasteiger partial charge in [-0.05, 0) is 47.9 Å². The van der Waals surface area contributed by atoms with Gasteiger partial charge in [0.05, 0.1) is 17.5 Å². The number of carbonyl (C=O) groups is 1. The minimum Gasteiger partial charge on any atom is -0.497 e. The van der Waals surface area contributed by atoms with Crippen LogP contribution in [0.15, 0.2) is 83.8 Å². The normalized spacial score (nSPS) is 21.6. The van der Waals surface area contributed by atoms with E-state index in [1.165, 1.54) is 0 Å². The van der Waals surface area contributed by atoms with E-state index in [1.54, 1.807) is 40.6 Å². The maximum absolute atomic E-state index is 13.6. The number of benzene rings is 3. The Morgan fingerprint density at radius 1 is 0.969 bits per heavy atom. The molecule has 1 atom stereocenters. The van der Waals surface area contributed by atoms with Gasteiger partial charge >= 0.3 is 0 Å². The first-order chi connectivity index (χ1) is 15.5. The van der Waals surface area contributed by atoms with Crippen LogP contribution < -0.4 is 4.74 Å². The third kappa shape index (κ3) is 3.20. The predicted molar refractivity (Wildman–Crippen MR) is 121 cm³/mol. The van der Waals surface area contributed by atoms with Crippen LogP contribution in [-0.4, -0.2) is 43.7 Å². The molecule has 0 N–H and O–H groups in total. The molecule has 3 aromatic carbocycles. The lowest BCUT2D eigenvalue weighted by molar-refractivity contribution is 0.0762. The number of fused-ring (bicyclic) bond motifs is 2. The van der Waals surface area contributed by atoms with Crippen molar-refractivity contribution in [2.45, 2.75) is 23.4 Å². The Kier molecular flexibility index (Phi) is 5.03. The van der Waals surface area contributed by atoms with Gasteiger partial charge in [0.25, 0.3) is 5.91 Å². The van der Waals surface area contributed by atoms with Crippen LogP contribution >= 0.6 is 0 Å². The summed E-state index contributed by atoms with van der Waals surface area (Å²) in [6.07, 6.45) is 0.554. The summed E-state index contributed by atoms with van der Waals surface area (Å²) >= 11 is 0. The average molecular weight is 449 g/mol. The number of methoxy groups -OCH3 is 1. The Hall–Kier alpha value is -3.16. The first-order valence-corrected chi connectivity index (χ1v) is 12.0. The van der Waals surface area contributed by atoms with Crippen LogP contribution in [0.4, 0.5) is 0 Å². The van der Waals surface area contributed by atoms with Gasteiger partial charge in [-0.1, -0.05) is 48.5 Å². The van der Waals surface area contributed by atoms with Crippen LogP contribution in [0.5, 0.6) is 5.75 Å². The number of ether oxygens (including phenoxy) is 1. The molecule has 1 saturated heterocycles. The molecule has 0 radical (unpaired) electrons. The lowest BCUT2D eigenvalue weighted by atomic mass is 9.88. The summed E-state index contributed by atoms with van der Waals surface area (Å²) in [4.78, 5) is 15.2. The van der Waals surface area contributed by atoms with Gasteiger partial charge in [-0.3, -0.25) is 4.79 Å². The highest BCUT2D eigenvalue weighted by Crippen LogP contribution is 2.50. The van der Waals surface area contributed by atoms with E-state index >= 15 is 0 Å². The first-order valence-electron chi connectivity index (χ1n) is 10.6. The molecule has 1 spiro atoms. The number of hydrogen-bond acceptors (Lipinski definition) is 4. The van der Waals surface area contributed by atoms with Gasteiger partial charge in [0, 0.05) is 25.2 Å². The molecule has 7 heteroatoms. The van der Waals surface area contributed by atoms with Crippen LogP contribution in [0.25, 0.3) is 0 Å². The van der Waals surface area contributed by atoms with Crippen molar-refractivity contribution in [2.24, 2.45) is 0 Å². The third-order valence-corrected chi connectivity index (χ3v) is 8.45. The van der Waals surface area contributed by atoms with Crippen molar-refractivity contribution in [3.63, 3.8) is 0 Å². The number of amides is 1. The number of carbonyl (C=O) groups excluding carboxylic acids is 1. The maximum atomic E-state index is 13.6. The molecule has 0 aliphatic carbocycles. The number of rotatable bonds is 4. The molecule has 0 saturated carbocycles. The Balaban J connectivity index is 1.54. The van der Waals surface area contributed by atoms with Gasteiger partial charge in [0.2, 0.25) is 10.0 Å². The zero-order valence-corrected chi connectivity index (χ0v) is 18.6. The van der Waals surface area contributed by atoms with E-state index in [0.29, 0.717) is 30.0 Å². The lowest BCUT2D eigenvalue weighted by Gasteiger charge is -2.34. The van der Waals surface area contributed by atoms with Gasteiger partial charge in [0.15, 0.2) is 0 Å². The summed E-state index contributed by atoms with van der Waals surface area (Å²) in [6.45, 7) is 1.05. The molecule has 0 bridgehead atoms. The van der Waals surface area contributed by atoms with Gasteiger partial charge in [-0.25, -0.2) is 8.42 Å². The molecule has 6 nitrogen and oxygen atoms in total. The van der Waals surface area contributed by atoms with Crippen LogP contribution in [0, 0.1) is 0 Å². The summed E-state index contributed by atoms with van der Waals surface area (Å²) in [5.41, 5.74) is 1.48. The number of nitrogens with zero attached hydrogens (tertiary/aromatic N) is 2. The van der Waals surface area contributed by atoms with E-state index in [0.717, 1.165) is 16.9 Å². The van der Waals surface area contributed by atoms with E-state index in [9.17, 15) is 13.2 Å². The summed E-state index contributed by atoms with van der Waals surface area (Å²) in [5, 5.41) is 0. The minimum absolute atomic E-state index is 0.0753. The Morgan fingerprint density at radius 3 is 2.38 bits per heavy atom. The van der Waals surface area contributed by atoms with Crippen molar-refractivity contribution in [2.75, 3.05) is 20.2 Å². The van der Waals surface area contributed by atoms with Gasteiger partial charge in [0.1, 0.15) is 5.75 Å². The van der Waals surface area contributed by atoms with Crippen LogP contribution in [0.1, 0.15) is 27.9 Å². The molecule has 164 valence electrons. The second-order valence-electron chi connectivity index (χ2n) is 8.23. The van der Waals surface area contributed by atoms with Crippen LogP contribution in [-0.2, 0) is 22.1 Å². The fourth-order valence-corrected chi connectivity index (χ4v) is 6.90. The van der Waals surface area contributed by atoms with Gasteiger partial charge in [-0.15, -0.1) is 0 Å². The Labute approximate surface area is 188 Å². The second-order valence-corrected chi connectivity index (χ2v) is 10.1. The zero-order chi connectivity index (χ0) is 22.3. The van der Waals surface area contributed by atoms with Crippen LogP contribution in [0.3, 0.4) is 0 Å². The van der Waals surface area contributed by atoms with Crippen molar-refractivity contribution in [3.05, 3.63) is 95.6 Å². The van der Waals surface area contributed by atoms with Crippen molar-refractivity contribution >= 4 is 15.9 Å². The monoisotopic (exact) mass is 448 g/mol. The molecule has 2 aliphatic rings. The molecular formula is C25H24N2O4S. The Bertz CT molecular complexity index is 1260. The number of sulfonamides is 1. The van der Waals surface area contributed by atoms with Gasteiger partial charge in [-0.2, -0.15) is 4.31 Å².